The number of esters is 1. The first-order valence-electron chi connectivity index (χ1n) is 3.15. The molecule has 0 saturated carbocycles. The fraction of sp³-hybridized carbons (Fsp3) is 0.833. The fourth-order valence-electron chi connectivity index (χ4n) is 0.518. The standard InChI is InChI=1S/C6H8Br4O2/c1-4(11)12-3-5(7)2-6(8,9)10/h5H,2-3H2,1H3. The lowest BCUT2D eigenvalue weighted by atomic mass is 10.3. The number of carbonyl (C=O) groups is 1. The van der Waals surface area contributed by atoms with E-state index >= 15 is 0 Å². The van der Waals surface area contributed by atoms with Crippen molar-refractivity contribution in [3.63, 3.8) is 0 Å². The van der Waals surface area contributed by atoms with Crippen LogP contribution in [0.1, 0.15) is 13.3 Å². The maximum atomic E-state index is 10.4. The van der Waals surface area contributed by atoms with E-state index in [0.29, 0.717) is 6.61 Å². The van der Waals surface area contributed by atoms with Gasteiger partial charge in [-0.15, -0.1) is 0 Å². The molecular formula is C6H8Br4O2. The molecule has 0 fully saturated rings. The minimum Gasteiger partial charge on any atom is -0.465 e. The molecule has 1 unspecified atom stereocenters. The van der Waals surface area contributed by atoms with Gasteiger partial charge in [0, 0.05) is 6.92 Å². The van der Waals surface area contributed by atoms with E-state index < -0.39 is 0 Å². The molecule has 0 heterocycles. The van der Waals surface area contributed by atoms with Gasteiger partial charge in [0.1, 0.15) is 8.75 Å². The molecule has 0 aromatic carbocycles. The smallest absolute Gasteiger partial charge is 0.302 e. The highest BCUT2D eigenvalue weighted by molar-refractivity contribution is 9.39. The van der Waals surface area contributed by atoms with Crippen molar-refractivity contribution in [3.05, 3.63) is 0 Å². The maximum absolute atomic E-state index is 10.4. The highest BCUT2D eigenvalue weighted by atomic mass is 80.0. The summed E-state index contributed by atoms with van der Waals surface area (Å²) < 4.78 is 4.51. The van der Waals surface area contributed by atoms with Crippen LogP contribution in [0, 0.1) is 0 Å². The molecule has 0 aliphatic carbocycles. The second kappa shape index (κ2) is 5.98. The van der Waals surface area contributed by atoms with Crippen LogP contribution in [0.2, 0.25) is 0 Å². The molecule has 0 bridgehead atoms. The zero-order valence-corrected chi connectivity index (χ0v) is 12.7. The molecule has 0 spiro atoms. The van der Waals surface area contributed by atoms with Gasteiger partial charge in [0.2, 0.25) is 0 Å². The minimum atomic E-state index is -0.290. The molecule has 1 atom stereocenters. The third kappa shape index (κ3) is 9.48. The third-order valence-corrected chi connectivity index (χ3v) is 2.48. The summed E-state index contributed by atoms with van der Waals surface area (Å²) >= 11 is 13.4. The van der Waals surface area contributed by atoms with Crippen molar-refractivity contribution in [2.75, 3.05) is 6.61 Å². The highest BCUT2D eigenvalue weighted by Gasteiger charge is 2.22. The molecule has 6 heteroatoms. The average molecular weight is 432 g/mol. The Bertz CT molecular complexity index is 154. The van der Waals surface area contributed by atoms with Gasteiger partial charge in [-0.1, -0.05) is 63.7 Å². The Morgan fingerprint density at radius 3 is 2.33 bits per heavy atom. The first-order valence-corrected chi connectivity index (χ1v) is 6.45. The van der Waals surface area contributed by atoms with E-state index in [1.165, 1.54) is 6.92 Å². The number of hydrogen-bond donors (Lipinski definition) is 0. The number of alkyl halides is 4. The van der Waals surface area contributed by atoms with Gasteiger partial charge in [-0.05, 0) is 6.42 Å². The largest absolute Gasteiger partial charge is 0.465 e. The van der Waals surface area contributed by atoms with Crippen LogP contribution in [0.15, 0.2) is 0 Å². The topological polar surface area (TPSA) is 26.3 Å². The quantitative estimate of drug-likeness (QED) is 0.505. The summed E-state index contributed by atoms with van der Waals surface area (Å²) in [5.41, 5.74) is 0. The average Bonchev–Trinajstić information content (AvgIpc) is 1.79. The van der Waals surface area contributed by atoms with E-state index in [2.05, 4.69) is 63.7 Å². The molecule has 0 aliphatic heterocycles. The Morgan fingerprint density at radius 2 is 2.00 bits per heavy atom. The second-order valence-electron chi connectivity index (χ2n) is 2.22. The maximum Gasteiger partial charge on any atom is 0.302 e. The molecule has 0 radical (unpaired) electrons. The van der Waals surface area contributed by atoms with Gasteiger partial charge < -0.3 is 4.74 Å². The molecule has 0 aromatic rings. The second-order valence-corrected chi connectivity index (χ2v) is 10.8. The first kappa shape index (κ1) is 13.4. The van der Waals surface area contributed by atoms with Crippen LogP contribution in [-0.2, 0) is 9.53 Å². The Hall–Kier alpha value is 1.39. The predicted molar refractivity (Wildman–Crippen MR) is 63.5 cm³/mol. The molecule has 12 heavy (non-hydrogen) atoms. The molecule has 0 N–H and O–H groups in total. The summed E-state index contributed by atoms with van der Waals surface area (Å²) in [5.74, 6) is -0.260. The Labute approximate surface area is 105 Å². The molecule has 0 rings (SSSR count). The van der Waals surface area contributed by atoms with Crippen LogP contribution in [-0.4, -0.2) is 19.5 Å². The van der Waals surface area contributed by atoms with E-state index in [0.717, 1.165) is 6.42 Å². The van der Waals surface area contributed by atoms with Crippen molar-refractivity contribution in [1.82, 2.24) is 0 Å². The highest BCUT2D eigenvalue weighted by Crippen LogP contribution is 2.39. The summed E-state index contributed by atoms with van der Waals surface area (Å²) in [6.45, 7) is 1.77. The third-order valence-electron chi connectivity index (χ3n) is 0.920. The van der Waals surface area contributed by atoms with E-state index in [4.69, 9.17) is 4.74 Å². The first-order chi connectivity index (χ1) is 5.31. The van der Waals surface area contributed by atoms with E-state index in [1.807, 2.05) is 0 Å². The van der Waals surface area contributed by atoms with Crippen molar-refractivity contribution >= 4 is 69.7 Å². The number of carbonyl (C=O) groups excluding carboxylic acids is 1. The monoisotopic (exact) mass is 428 g/mol. The van der Waals surface area contributed by atoms with Crippen molar-refractivity contribution in [2.45, 2.75) is 20.3 Å². The minimum absolute atomic E-state index is 0.125. The van der Waals surface area contributed by atoms with Crippen molar-refractivity contribution < 1.29 is 9.53 Å². The van der Waals surface area contributed by atoms with Gasteiger partial charge in [0.15, 0.2) is 0 Å². The SMILES string of the molecule is CC(=O)OCC(Br)CC(Br)(Br)Br. The van der Waals surface area contributed by atoms with E-state index in [9.17, 15) is 4.79 Å². The summed E-state index contributed by atoms with van der Waals surface area (Å²) in [7, 11) is 0. The van der Waals surface area contributed by atoms with Crippen LogP contribution in [0.5, 0.6) is 0 Å². The van der Waals surface area contributed by atoms with E-state index in [1.54, 1.807) is 0 Å². The summed E-state index contributed by atoms with van der Waals surface area (Å²) in [5, 5.41) is 0. The van der Waals surface area contributed by atoms with Gasteiger partial charge in [0.05, 0.1) is 4.83 Å². The van der Waals surface area contributed by atoms with Gasteiger partial charge in [0.25, 0.3) is 0 Å². The van der Waals surface area contributed by atoms with E-state index in [-0.39, 0.29) is 12.9 Å². The lowest BCUT2D eigenvalue weighted by Gasteiger charge is -2.16. The number of ether oxygens (including phenoxy) is 1. The van der Waals surface area contributed by atoms with Crippen molar-refractivity contribution in [3.8, 4) is 0 Å². The van der Waals surface area contributed by atoms with Gasteiger partial charge in [-0.2, -0.15) is 0 Å². The molecule has 72 valence electrons. The summed E-state index contributed by atoms with van der Waals surface area (Å²) in [4.78, 5) is 10.6. The lowest BCUT2D eigenvalue weighted by molar-refractivity contribution is -0.140. The van der Waals surface area contributed by atoms with Crippen LogP contribution >= 0.6 is 63.7 Å². The Kier molecular flexibility index (Phi) is 6.68. The van der Waals surface area contributed by atoms with Gasteiger partial charge >= 0.3 is 5.97 Å². The van der Waals surface area contributed by atoms with Crippen molar-refractivity contribution in [2.24, 2.45) is 0 Å². The predicted octanol–water partition coefficient (Wildman–Crippen LogP) is 3.54. The number of halogens is 4. The zero-order valence-electron chi connectivity index (χ0n) is 6.32. The Balaban J connectivity index is 3.60. The molecular weight excluding hydrogens is 424 g/mol. The van der Waals surface area contributed by atoms with Crippen LogP contribution in [0.3, 0.4) is 0 Å². The molecule has 2 nitrogen and oxygen atoms in total. The lowest BCUT2D eigenvalue weighted by Crippen LogP contribution is -2.17. The van der Waals surface area contributed by atoms with Crippen LogP contribution in [0.4, 0.5) is 0 Å². The molecule has 0 amide bonds. The summed E-state index contributed by atoms with van der Waals surface area (Å²) in [6.07, 6.45) is 0.750. The van der Waals surface area contributed by atoms with Crippen molar-refractivity contribution in [1.29, 1.82) is 0 Å². The Morgan fingerprint density at radius 1 is 1.50 bits per heavy atom. The zero-order chi connectivity index (χ0) is 9.78. The van der Waals surface area contributed by atoms with Gasteiger partial charge in [-0.3, -0.25) is 4.79 Å². The molecule has 0 aliphatic rings. The van der Waals surface area contributed by atoms with Gasteiger partial charge in [-0.25, -0.2) is 0 Å². The van der Waals surface area contributed by atoms with Crippen LogP contribution < -0.4 is 0 Å². The van der Waals surface area contributed by atoms with Crippen LogP contribution in [0.25, 0.3) is 0 Å². The molecule has 0 saturated heterocycles. The normalized spacial score (nSPS) is 14.1. The fourth-order valence-corrected chi connectivity index (χ4v) is 3.61. The number of rotatable bonds is 3. The summed E-state index contributed by atoms with van der Waals surface area (Å²) in [6, 6.07) is 0. The number of hydrogen-bond acceptors (Lipinski definition) is 2. The molecule has 0 aromatic heterocycles.